The summed E-state index contributed by atoms with van der Waals surface area (Å²) >= 11 is 0. The maximum atomic E-state index is 13.1. The van der Waals surface area contributed by atoms with E-state index < -0.39 is 29.7 Å². The van der Waals surface area contributed by atoms with Crippen LogP contribution in [0.25, 0.3) is 6.08 Å². The van der Waals surface area contributed by atoms with Crippen LogP contribution < -0.4 is 0 Å². The molecular formula is C29H37NO6. The van der Waals surface area contributed by atoms with Gasteiger partial charge in [0, 0.05) is 5.92 Å². The number of imide groups is 3. The Kier molecular flexibility index (Phi) is 7.69. The molecule has 1 aromatic rings. The van der Waals surface area contributed by atoms with Gasteiger partial charge in [-0.3, -0.25) is 9.59 Å². The van der Waals surface area contributed by atoms with Gasteiger partial charge < -0.3 is 14.6 Å². The molecule has 0 aromatic heterocycles. The minimum absolute atomic E-state index is 0.0930. The maximum absolute atomic E-state index is 13.1. The molecule has 1 N–H and O–H groups in total. The molecule has 2 heterocycles. The van der Waals surface area contributed by atoms with E-state index in [9.17, 15) is 19.5 Å². The molecule has 0 saturated carbocycles. The van der Waals surface area contributed by atoms with E-state index in [1.54, 1.807) is 0 Å². The van der Waals surface area contributed by atoms with E-state index in [-0.39, 0.29) is 12.0 Å². The van der Waals surface area contributed by atoms with Crippen LogP contribution in [0.5, 0.6) is 5.75 Å². The lowest BCUT2D eigenvalue weighted by molar-refractivity contribution is -0.137. The fourth-order valence-electron chi connectivity index (χ4n) is 6.30. The van der Waals surface area contributed by atoms with Crippen molar-refractivity contribution >= 4 is 24.0 Å². The molecule has 0 bridgehead atoms. The topological polar surface area (TPSA) is 93.1 Å². The van der Waals surface area contributed by atoms with Gasteiger partial charge in [-0.25, -0.2) is 4.79 Å². The van der Waals surface area contributed by atoms with Gasteiger partial charge in [-0.15, -0.1) is 0 Å². The van der Waals surface area contributed by atoms with Gasteiger partial charge in [0.2, 0.25) is 11.8 Å². The number of methoxy groups -OCH3 is 1. The van der Waals surface area contributed by atoms with Gasteiger partial charge in [-0.1, -0.05) is 37.5 Å². The molecule has 1 aliphatic carbocycles. The van der Waals surface area contributed by atoms with E-state index in [4.69, 9.17) is 9.47 Å². The number of allylic oxidation sites excluding steroid dienone is 2. The lowest BCUT2D eigenvalue weighted by atomic mass is 9.69. The Morgan fingerprint density at radius 2 is 1.83 bits per heavy atom. The lowest BCUT2D eigenvalue weighted by Gasteiger charge is -2.31. The highest BCUT2D eigenvalue weighted by Crippen LogP contribution is 2.50. The number of rotatable bonds is 7. The van der Waals surface area contributed by atoms with Crippen molar-refractivity contribution in [3.8, 4) is 5.75 Å². The van der Waals surface area contributed by atoms with Crippen molar-refractivity contribution in [2.24, 2.45) is 17.8 Å². The number of ether oxygens (including phenoxy) is 2. The van der Waals surface area contributed by atoms with Crippen molar-refractivity contribution in [1.82, 2.24) is 4.90 Å². The zero-order valence-corrected chi connectivity index (χ0v) is 21.9. The standard InChI is InChI=1S/C29H37NO6/c1-6-8-18(13-19-11-16(3)26(31)17(4)12-19)9-10-23-24-20(7-2)14-21-25(22(24)15-36-23)28(33)30(27(21)32)29(34)35-5/h11-13,21-23,25,31H,6-10,14-15H2,1-5H3/b18-13+/t21-,22+,23-,25-/m1/s1. The molecular weight excluding hydrogens is 458 g/mol. The van der Waals surface area contributed by atoms with Crippen LogP contribution in [0.15, 0.2) is 28.9 Å². The van der Waals surface area contributed by atoms with Crippen molar-refractivity contribution in [2.75, 3.05) is 13.7 Å². The molecule has 0 radical (unpaired) electrons. The lowest BCUT2D eigenvalue weighted by Crippen LogP contribution is -2.38. The van der Waals surface area contributed by atoms with Crippen LogP contribution in [0.1, 0.15) is 69.1 Å². The summed E-state index contributed by atoms with van der Waals surface area (Å²) in [6.45, 7) is 8.46. The first-order chi connectivity index (χ1) is 17.2. The van der Waals surface area contributed by atoms with E-state index in [2.05, 4.69) is 19.9 Å². The van der Waals surface area contributed by atoms with E-state index in [1.165, 1.54) is 23.8 Å². The smallest absolute Gasteiger partial charge is 0.423 e. The second kappa shape index (κ2) is 10.6. The Labute approximate surface area is 213 Å². The molecule has 0 unspecified atom stereocenters. The summed E-state index contributed by atoms with van der Waals surface area (Å²) in [5.41, 5.74) is 6.49. The first-order valence-corrected chi connectivity index (χ1v) is 13.0. The first-order valence-electron chi connectivity index (χ1n) is 13.0. The number of phenols is 1. The Bertz CT molecular complexity index is 1110. The maximum Gasteiger partial charge on any atom is 0.423 e. The molecule has 2 fully saturated rings. The third-order valence-corrected chi connectivity index (χ3v) is 7.97. The Morgan fingerprint density at radius 1 is 1.14 bits per heavy atom. The fourth-order valence-corrected chi connectivity index (χ4v) is 6.30. The average molecular weight is 496 g/mol. The summed E-state index contributed by atoms with van der Waals surface area (Å²) in [6.07, 6.45) is 6.18. The van der Waals surface area contributed by atoms with Gasteiger partial charge in [0.1, 0.15) is 5.75 Å². The average Bonchev–Trinajstić information content (AvgIpc) is 3.38. The summed E-state index contributed by atoms with van der Waals surface area (Å²) in [5, 5.41) is 10.1. The minimum Gasteiger partial charge on any atom is -0.507 e. The van der Waals surface area contributed by atoms with Crippen molar-refractivity contribution in [1.29, 1.82) is 0 Å². The molecule has 194 valence electrons. The number of likely N-dealkylation sites (tertiary alicyclic amines) is 1. The second-order valence-electron chi connectivity index (χ2n) is 10.3. The highest BCUT2D eigenvalue weighted by atomic mass is 16.5. The molecule has 7 nitrogen and oxygen atoms in total. The van der Waals surface area contributed by atoms with Crippen molar-refractivity contribution in [3.63, 3.8) is 0 Å². The number of aromatic hydroxyl groups is 1. The third-order valence-electron chi connectivity index (χ3n) is 7.97. The Balaban J connectivity index is 1.55. The van der Waals surface area contributed by atoms with Crippen LogP contribution in [0, 0.1) is 31.6 Å². The van der Waals surface area contributed by atoms with Gasteiger partial charge in [0.05, 0.1) is 31.7 Å². The molecule has 0 spiro atoms. The molecule has 7 heteroatoms. The number of hydrogen-bond acceptors (Lipinski definition) is 6. The second-order valence-corrected chi connectivity index (χ2v) is 10.3. The van der Waals surface area contributed by atoms with E-state index >= 15 is 0 Å². The third kappa shape index (κ3) is 4.61. The van der Waals surface area contributed by atoms with E-state index in [1.807, 2.05) is 26.0 Å². The minimum atomic E-state index is -0.900. The van der Waals surface area contributed by atoms with Crippen LogP contribution >= 0.6 is 0 Å². The van der Waals surface area contributed by atoms with Gasteiger partial charge in [0.25, 0.3) is 0 Å². The molecule has 36 heavy (non-hydrogen) atoms. The summed E-state index contributed by atoms with van der Waals surface area (Å²) in [6, 6.07) is 4.02. The van der Waals surface area contributed by atoms with E-state index in [0.717, 1.165) is 48.8 Å². The SMILES string of the molecule is CCC/C(=C\c1cc(C)c(O)c(C)c1)CC[C@H]1OC[C@H]2C1=C(CC)C[C@H]1C(=O)N(C(=O)OC)C(=O)[C@H]12. The van der Waals surface area contributed by atoms with Crippen molar-refractivity contribution < 1.29 is 29.0 Å². The number of fused-ring (bicyclic) bond motifs is 3. The molecule has 4 atom stereocenters. The monoisotopic (exact) mass is 495 g/mol. The number of amides is 3. The largest absolute Gasteiger partial charge is 0.507 e. The van der Waals surface area contributed by atoms with Crippen LogP contribution in [-0.4, -0.2) is 47.7 Å². The highest BCUT2D eigenvalue weighted by Gasteiger charge is 2.58. The number of carbonyl (C=O) groups is 3. The van der Waals surface area contributed by atoms with Gasteiger partial charge in [-0.05, 0) is 80.3 Å². The first kappa shape index (κ1) is 26.1. The number of nitrogens with zero attached hydrogens (tertiary/aromatic N) is 1. The number of aryl methyl sites for hydroxylation is 2. The van der Waals surface area contributed by atoms with Crippen molar-refractivity contribution in [2.45, 2.75) is 72.3 Å². The number of carbonyl (C=O) groups excluding carboxylic acids is 3. The predicted octanol–water partition coefficient (Wildman–Crippen LogP) is 5.47. The van der Waals surface area contributed by atoms with Crippen LogP contribution in [0.4, 0.5) is 4.79 Å². The van der Waals surface area contributed by atoms with Crippen molar-refractivity contribution in [3.05, 3.63) is 45.5 Å². The highest BCUT2D eigenvalue weighted by molar-refractivity contribution is 6.16. The van der Waals surface area contributed by atoms with Crippen LogP contribution in [0.2, 0.25) is 0 Å². The fraction of sp³-hybridized carbons (Fsp3) is 0.552. The van der Waals surface area contributed by atoms with Gasteiger partial charge in [-0.2, -0.15) is 4.90 Å². The quantitative estimate of drug-likeness (QED) is 0.399. The zero-order chi connectivity index (χ0) is 26.1. The summed E-state index contributed by atoms with van der Waals surface area (Å²) in [7, 11) is 1.18. The Hall–Kier alpha value is -2.93. The normalized spacial score (nSPS) is 25.9. The van der Waals surface area contributed by atoms with Crippen LogP contribution in [0.3, 0.4) is 0 Å². The van der Waals surface area contributed by atoms with Gasteiger partial charge in [0.15, 0.2) is 0 Å². The van der Waals surface area contributed by atoms with Crippen LogP contribution in [-0.2, 0) is 19.1 Å². The molecule has 3 aliphatic rings. The van der Waals surface area contributed by atoms with E-state index in [0.29, 0.717) is 23.7 Å². The predicted molar refractivity (Wildman–Crippen MR) is 136 cm³/mol. The zero-order valence-electron chi connectivity index (χ0n) is 21.9. The number of benzene rings is 1. The van der Waals surface area contributed by atoms with Gasteiger partial charge >= 0.3 is 6.09 Å². The molecule has 1 aromatic carbocycles. The molecule has 3 amide bonds. The molecule has 4 rings (SSSR count). The molecule has 2 aliphatic heterocycles. The summed E-state index contributed by atoms with van der Waals surface area (Å²) in [4.78, 5) is 38.9. The summed E-state index contributed by atoms with van der Waals surface area (Å²) < 4.78 is 11.0. The summed E-state index contributed by atoms with van der Waals surface area (Å²) in [5.74, 6) is -1.80. The molecule has 2 saturated heterocycles. The number of hydrogen-bond donors (Lipinski definition) is 1. The Morgan fingerprint density at radius 3 is 2.44 bits per heavy atom. The number of phenolic OH excluding ortho intramolecular Hbond substituents is 1.